The van der Waals surface area contributed by atoms with Gasteiger partial charge in [0.05, 0.1) is 17.1 Å². The Balaban J connectivity index is 1.29. The Morgan fingerprint density at radius 3 is 1.97 bits per heavy atom. The van der Waals surface area contributed by atoms with Gasteiger partial charge in [-0.05, 0) is 78.9 Å². The Kier molecular flexibility index (Phi) is 6.68. The van der Waals surface area contributed by atoms with Crippen LogP contribution >= 0.6 is 11.8 Å². The number of benzene rings is 4. The number of carbonyl (C=O) groups is 2. The van der Waals surface area contributed by atoms with Crippen LogP contribution in [0.5, 0.6) is 0 Å². The molecule has 4 aromatic rings. The first-order valence-electron chi connectivity index (χ1n) is 11.7. The van der Waals surface area contributed by atoms with Crippen LogP contribution in [0.4, 0.5) is 17.1 Å². The monoisotopic (exact) mass is 478 g/mol. The Morgan fingerprint density at radius 1 is 0.771 bits per heavy atom. The standard InChI is InChI=1S/C30H26N2O2S/c1-21-8-2-5-11-26(21)30(34)31-24-16-18-25(19-17-24)35-20-29(33)32-27-12-6-3-9-22(27)14-15-23-10-4-7-13-28(23)32/h2-13,16-19H,14-15,20H2,1H3,(H,31,34). The van der Waals surface area contributed by atoms with Gasteiger partial charge in [0.25, 0.3) is 5.91 Å². The lowest BCUT2D eigenvalue weighted by atomic mass is 10.0. The first-order valence-corrected chi connectivity index (χ1v) is 12.7. The maximum Gasteiger partial charge on any atom is 0.255 e. The van der Waals surface area contributed by atoms with Crippen LogP contribution in [0.3, 0.4) is 0 Å². The Bertz CT molecular complexity index is 1330. The minimum Gasteiger partial charge on any atom is -0.322 e. The van der Waals surface area contributed by atoms with E-state index in [1.54, 1.807) is 0 Å². The molecule has 1 aliphatic rings. The quantitative estimate of drug-likeness (QED) is 0.321. The molecule has 174 valence electrons. The molecule has 1 N–H and O–H groups in total. The predicted octanol–water partition coefficient (Wildman–Crippen LogP) is 6.80. The Labute approximate surface area is 210 Å². The predicted molar refractivity (Wildman–Crippen MR) is 144 cm³/mol. The molecule has 0 atom stereocenters. The zero-order valence-electron chi connectivity index (χ0n) is 19.5. The van der Waals surface area contributed by atoms with E-state index in [1.165, 1.54) is 22.9 Å². The molecule has 0 unspecified atom stereocenters. The number of hydrogen-bond donors (Lipinski definition) is 1. The molecule has 0 saturated carbocycles. The van der Waals surface area contributed by atoms with Gasteiger partial charge in [0.1, 0.15) is 0 Å². The van der Waals surface area contributed by atoms with Crippen LogP contribution in [-0.2, 0) is 17.6 Å². The number of para-hydroxylation sites is 2. The van der Waals surface area contributed by atoms with Crippen molar-refractivity contribution in [1.29, 1.82) is 0 Å². The molecule has 0 spiro atoms. The first kappa shape index (κ1) is 22.9. The van der Waals surface area contributed by atoms with Gasteiger partial charge in [-0.1, -0.05) is 54.6 Å². The van der Waals surface area contributed by atoms with E-state index in [9.17, 15) is 9.59 Å². The zero-order valence-corrected chi connectivity index (χ0v) is 20.3. The summed E-state index contributed by atoms with van der Waals surface area (Å²) in [5.41, 5.74) is 6.65. The van der Waals surface area contributed by atoms with E-state index >= 15 is 0 Å². The summed E-state index contributed by atoms with van der Waals surface area (Å²) in [6.45, 7) is 1.92. The molecule has 5 rings (SSSR count). The van der Waals surface area contributed by atoms with E-state index in [1.807, 2.05) is 96.8 Å². The highest BCUT2D eigenvalue weighted by Crippen LogP contribution is 2.36. The number of thioether (sulfide) groups is 1. The highest BCUT2D eigenvalue weighted by atomic mass is 32.2. The summed E-state index contributed by atoms with van der Waals surface area (Å²) in [6.07, 6.45) is 1.83. The second kappa shape index (κ2) is 10.2. The molecule has 0 fully saturated rings. The number of carbonyl (C=O) groups excluding carboxylic acids is 2. The number of anilines is 3. The van der Waals surface area contributed by atoms with Gasteiger partial charge >= 0.3 is 0 Å². The van der Waals surface area contributed by atoms with Crippen LogP contribution in [-0.4, -0.2) is 17.6 Å². The van der Waals surface area contributed by atoms with Crippen molar-refractivity contribution in [1.82, 2.24) is 0 Å². The second-order valence-corrected chi connectivity index (χ2v) is 9.62. The van der Waals surface area contributed by atoms with Crippen molar-refractivity contribution in [3.05, 3.63) is 119 Å². The van der Waals surface area contributed by atoms with Crippen LogP contribution in [0.2, 0.25) is 0 Å². The number of fused-ring (bicyclic) bond motifs is 2. The van der Waals surface area contributed by atoms with E-state index < -0.39 is 0 Å². The lowest BCUT2D eigenvalue weighted by Gasteiger charge is -2.25. The molecule has 0 aliphatic carbocycles. The molecule has 0 radical (unpaired) electrons. The fraction of sp³-hybridized carbons (Fsp3) is 0.133. The molecule has 4 aromatic carbocycles. The summed E-state index contributed by atoms with van der Waals surface area (Å²) in [4.78, 5) is 28.9. The van der Waals surface area contributed by atoms with Gasteiger partial charge < -0.3 is 5.32 Å². The summed E-state index contributed by atoms with van der Waals surface area (Å²) < 4.78 is 0. The summed E-state index contributed by atoms with van der Waals surface area (Å²) >= 11 is 1.50. The highest BCUT2D eigenvalue weighted by Gasteiger charge is 2.25. The third-order valence-corrected chi connectivity index (χ3v) is 7.24. The first-order chi connectivity index (χ1) is 17.1. The number of nitrogens with zero attached hydrogens (tertiary/aromatic N) is 1. The maximum atomic E-state index is 13.5. The van der Waals surface area contributed by atoms with Crippen molar-refractivity contribution in [2.24, 2.45) is 0 Å². The molecule has 0 aromatic heterocycles. The van der Waals surface area contributed by atoms with Gasteiger partial charge in [0, 0.05) is 16.1 Å². The van der Waals surface area contributed by atoms with Crippen molar-refractivity contribution in [3.63, 3.8) is 0 Å². The molecule has 0 bridgehead atoms. The SMILES string of the molecule is Cc1ccccc1C(=O)Nc1ccc(SCC(=O)N2c3ccccc3CCc3ccccc32)cc1. The number of rotatable bonds is 5. The number of nitrogens with one attached hydrogen (secondary N) is 1. The average molecular weight is 479 g/mol. The number of aryl methyl sites for hydroxylation is 3. The third kappa shape index (κ3) is 5.00. The fourth-order valence-electron chi connectivity index (χ4n) is 4.42. The van der Waals surface area contributed by atoms with Gasteiger partial charge in [-0.25, -0.2) is 0 Å². The van der Waals surface area contributed by atoms with Crippen LogP contribution in [0, 0.1) is 6.92 Å². The lowest BCUT2D eigenvalue weighted by Crippen LogP contribution is -2.28. The smallest absolute Gasteiger partial charge is 0.255 e. The van der Waals surface area contributed by atoms with Crippen LogP contribution in [0.15, 0.2) is 102 Å². The van der Waals surface area contributed by atoms with Crippen LogP contribution in [0.1, 0.15) is 27.0 Å². The minimum atomic E-state index is -0.128. The molecule has 4 nitrogen and oxygen atoms in total. The molecule has 35 heavy (non-hydrogen) atoms. The Hall–Kier alpha value is -3.83. The highest BCUT2D eigenvalue weighted by molar-refractivity contribution is 8.00. The van der Waals surface area contributed by atoms with E-state index in [-0.39, 0.29) is 11.8 Å². The molecular formula is C30H26N2O2S. The van der Waals surface area contributed by atoms with Crippen LogP contribution in [0.25, 0.3) is 0 Å². The molecule has 1 heterocycles. The normalized spacial score (nSPS) is 12.3. The average Bonchev–Trinajstić information content (AvgIpc) is 3.05. The molecule has 2 amide bonds. The Morgan fingerprint density at radius 2 is 1.34 bits per heavy atom. The van der Waals surface area contributed by atoms with E-state index in [0.717, 1.165) is 40.4 Å². The van der Waals surface area contributed by atoms with E-state index in [2.05, 4.69) is 17.4 Å². The summed E-state index contributed by atoms with van der Waals surface area (Å²) in [6, 6.07) is 31.5. The van der Waals surface area contributed by atoms with Crippen molar-refractivity contribution >= 4 is 40.6 Å². The van der Waals surface area contributed by atoms with Gasteiger partial charge in [0.15, 0.2) is 0 Å². The topological polar surface area (TPSA) is 49.4 Å². The molecular weight excluding hydrogens is 452 g/mol. The molecule has 1 aliphatic heterocycles. The largest absolute Gasteiger partial charge is 0.322 e. The molecule has 5 heteroatoms. The van der Waals surface area contributed by atoms with Crippen LogP contribution < -0.4 is 10.2 Å². The van der Waals surface area contributed by atoms with E-state index in [0.29, 0.717) is 11.3 Å². The van der Waals surface area contributed by atoms with Crippen molar-refractivity contribution < 1.29 is 9.59 Å². The summed E-state index contributed by atoms with van der Waals surface area (Å²) in [7, 11) is 0. The second-order valence-electron chi connectivity index (χ2n) is 8.57. The third-order valence-electron chi connectivity index (χ3n) is 6.24. The van der Waals surface area contributed by atoms with Gasteiger partial charge in [-0.2, -0.15) is 0 Å². The van der Waals surface area contributed by atoms with Gasteiger partial charge in [-0.15, -0.1) is 11.8 Å². The minimum absolute atomic E-state index is 0.0498. The van der Waals surface area contributed by atoms with Gasteiger partial charge in [-0.3, -0.25) is 14.5 Å². The summed E-state index contributed by atoms with van der Waals surface area (Å²) in [5, 5.41) is 2.95. The molecule has 0 saturated heterocycles. The van der Waals surface area contributed by atoms with Gasteiger partial charge in [0.2, 0.25) is 5.91 Å². The van der Waals surface area contributed by atoms with E-state index in [4.69, 9.17) is 0 Å². The van der Waals surface area contributed by atoms with Crippen molar-refractivity contribution in [3.8, 4) is 0 Å². The fourth-order valence-corrected chi connectivity index (χ4v) is 5.17. The number of amides is 2. The van der Waals surface area contributed by atoms with Crippen molar-refractivity contribution in [2.45, 2.75) is 24.7 Å². The van der Waals surface area contributed by atoms with Crippen molar-refractivity contribution in [2.75, 3.05) is 16.0 Å². The summed E-state index contributed by atoms with van der Waals surface area (Å²) in [5.74, 6) is 0.239. The maximum absolute atomic E-state index is 13.5. The number of hydrogen-bond acceptors (Lipinski definition) is 3. The lowest BCUT2D eigenvalue weighted by molar-refractivity contribution is -0.115. The zero-order chi connectivity index (χ0) is 24.2.